The zero-order valence-electron chi connectivity index (χ0n) is 55.1. The van der Waals surface area contributed by atoms with Crippen LogP contribution in [-0.2, 0) is 32.5 Å². The highest BCUT2D eigenvalue weighted by Crippen LogP contribution is 2.54. The minimum absolute atomic E-state index is 0.110. The predicted octanol–water partition coefficient (Wildman–Crippen LogP) is 23.4. The summed E-state index contributed by atoms with van der Waals surface area (Å²) in [5.74, 6) is 0. The van der Waals surface area contributed by atoms with Crippen LogP contribution in [0.4, 0.5) is 0 Å². The quantitative estimate of drug-likeness (QED) is 0.149. The van der Waals surface area contributed by atoms with Gasteiger partial charge in [-0.15, -0.1) is 23.5 Å². The Morgan fingerprint density at radius 3 is 0.747 bits per heavy atom. The van der Waals surface area contributed by atoms with Crippen LogP contribution in [0.25, 0.3) is 105 Å². The molecule has 0 aliphatic carbocycles. The van der Waals surface area contributed by atoms with Crippen LogP contribution >= 0.6 is 23.5 Å². The number of rotatable bonds is 7. The third-order valence-corrected chi connectivity index (χ3v) is 19.9. The fourth-order valence-corrected chi connectivity index (χ4v) is 14.0. The fourth-order valence-electron chi connectivity index (χ4n) is 13.1. The molecule has 0 aliphatic rings. The van der Waals surface area contributed by atoms with Crippen LogP contribution in [-0.4, -0.2) is 26.2 Å². The fraction of sp³-hybridized carbons (Fsp3) is 0.321. The van der Waals surface area contributed by atoms with Gasteiger partial charge in [0, 0.05) is 53.2 Å². The van der Waals surface area contributed by atoms with E-state index in [0.717, 1.165) is 88.1 Å². The van der Waals surface area contributed by atoms with E-state index in [1.165, 1.54) is 59.8 Å². The zero-order chi connectivity index (χ0) is 62.4. The van der Waals surface area contributed by atoms with Gasteiger partial charge in [0.15, 0.2) is 0 Å². The van der Waals surface area contributed by atoms with Crippen molar-refractivity contribution in [1.29, 1.82) is 5.26 Å². The van der Waals surface area contributed by atoms with E-state index in [1.807, 2.05) is 0 Å². The van der Waals surface area contributed by atoms with Gasteiger partial charge < -0.3 is 13.7 Å². The maximum absolute atomic E-state index is 13.0. The van der Waals surface area contributed by atoms with Gasteiger partial charge in [-0.3, -0.25) is 0 Å². The SMILES string of the molecule is CSc1ccc(-c2c(C#N)c(-n3c4ccc(C(C)(C)C)cc4c4cc(C(C)(C)C)ccc43)c(-n3c4ccc(C(C)(C)C)cc4c4cc(C(C)(C)C)ccc43)c(-c3ccc(SC)cc3)c2-n2c3ccc(C(C)(C)C)cc3c3cc(C(C)(C)C)ccc32)cc1. The topological polar surface area (TPSA) is 38.6 Å². The zero-order valence-corrected chi connectivity index (χ0v) is 56.7. The summed E-state index contributed by atoms with van der Waals surface area (Å²) in [5, 5.41) is 20.1. The summed E-state index contributed by atoms with van der Waals surface area (Å²) in [6.07, 6.45) is 4.30. The lowest BCUT2D eigenvalue weighted by Gasteiger charge is -2.29. The van der Waals surface area contributed by atoms with Crippen LogP contribution in [0.15, 0.2) is 168 Å². The van der Waals surface area contributed by atoms with Crippen LogP contribution in [0.1, 0.15) is 164 Å². The summed E-state index contributed by atoms with van der Waals surface area (Å²) < 4.78 is 7.60. The van der Waals surface area contributed by atoms with Crippen LogP contribution in [0.5, 0.6) is 0 Å². The Balaban J connectivity index is 1.44. The van der Waals surface area contributed by atoms with Crippen molar-refractivity contribution >= 4 is 88.9 Å². The largest absolute Gasteiger partial charge is 0.308 e. The lowest BCUT2D eigenvalue weighted by Crippen LogP contribution is -2.15. The van der Waals surface area contributed by atoms with Crippen LogP contribution in [0, 0.1) is 11.3 Å². The first-order chi connectivity index (χ1) is 40.8. The first kappa shape index (κ1) is 59.9. The summed E-state index contributed by atoms with van der Waals surface area (Å²) in [6.45, 7) is 41.6. The Hall–Kier alpha value is -7.43. The molecule has 0 fully saturated rings. The molecule has 0 spiro atoms. The normalized spacial score (nSPS) is 13.1. The first-order valence-electron chi connectivity index (χ1n) is 31.0. The average molecular weight is 1180 g/mol. The minimum atomic E-state index is -0.120. The highest BCUT2D eigenvalue weighted by atomic mass is 32.2. The second kappa shape index (κ2) is 20.9. The molecule has 0 saturated carbocycles. The predicted molar refractivity (Wildman–Crippen MR) is 381 cm³/mol. The van der Waals surface area contributed by atoms with Crippen molar-refractivity contribution in [2.24, 2.45) is 0 Å². The number of hydrogen-bond donors (Lipinski definition) is 0. The van der Waals surface area contributed by atoms with Crippen molar-refractivity contribution in [1.82, 2.24) is 13.7 Å². The summed E-state index contributed by atoms with van der Waals surface area (Å²) in [4.78, 5) is 2.34. The molecule has 3 heterocycles. The summed E-state index contributed by atoms with van der Waals surface area (Å²) >= 11 is 3.49. The number of benzene rings is 9. The van der Waals surface area contributed by atoms with Crippen molar-refractivity contribution < 1.29 is 0 Å². The molecular weight excluding hydrogens is 1090 g/mol. The van der Waals surface area contributed by atoms with Crippen molar-refractivity contribution in [3.8, 4) is 45.4 Å². The smallest absolute Gasteiger partial charge is 0.102 e. The number of hydrogen-bond acceptors (Lipinski definition) is 3. The Kier molecular flexibility index (Phi) is 14.4. The third-order valence-electron chi connectivity index (χ3n) is 18.5. The summed E-state index contributed by atoms with van der Waals surface area (Å²) in [6, 6.07) is 64.2. The van der Waals surface area contributed by atoms with Gasteiger partial charge in [0.05, 0.1) is 55.7 Å². The molecule has 4 nitrogen and oxygen atoms in total. The van der Waals surface area contributed by atoms with E-state index in [-0.39, 0.29) is 32.5 Å². The Labute approximate surface area is 526 Å². The van der Waals surface area contributed by atoms with Gasteiger partial charge in [-0.1, -0.05) is 185 Å². The van der Waals surface area contributed by atoms with Gasteiger partial charge in [-0.25, -0.2) is 0 Å². The number of aromatic nitrogens is 3. The van der Waals surface area contributed by atoms with E-state index in [1.54, 1.807) is 23.5 Å². The van der Waals surface area contributed by atoms with Crippen molar-refractivity contribution in [3.05, 3.63) is 197 Å². The van der Waals surface area contributed by atoms with Crippen molar-refractivity contribution in [2.45, 2.75) is 167 Å². The van der Waals surface area contributed by atoms with Gasteiger partial charge in [0.1, 0.15) is 6.07 Å². The standard InChI is InChI=1S/C81H86N4S2/c1-76(2,3)50-25-35-65-58(41-50)59-42-51(77(4,5)6)26-36-66(59)83(65)73-64(47-82)71(48-21-31-56(86-19)32-22-48)74(84-67-37-27-52(78(7,8)9)43-60(67)61-44-53(79(10,11)12)28-38-68(61)84)72(49-23-33-57(87-20)34-24-49)75(73)85-69-39-29-54(80(13,14)15)45-62(69)63-46-55(81(16,17)18)30-40-70(63)85/h21-46H,1-20H3. The second-order valence-corrected chi connectivity index (χ2v) is 32.4. The number of nitrogens with zero attached hydrogens (tertiary/aromatic N) is 4. The highest BCUT2D eigenvalue weighted by Gasteiger charge is 2.36. The van der Waals surface area contributed by atoms with E-state index in [9.17, 15) is 5.26 Å². The van der Waals surface area contributed by atoms with E-state index in [2.05, 4.69) is 315 Å². The molecule has 0 atom stereocenters. The maximum atomic E-state index is 13.0. The van der Waals surface area contributed by atoms with Gasteiger partial charge in [-0.2, -0.15) is 5.26 Å². The Bertz CT molecular complexity index is 4580. The second-order valence-electron chi connectivity index (χ2n) is 30.6. The molecular formula is C81H86N4S2. The third kappa shape index (κ3) is 10.2. The molecule has 12 rings (SSSR count). The van der Waals surface area contributed by atoms with E-state index >= 15 is 0 Å². The monoisotopic (exact) mass is 1180 g/mol. The number of nitriles is 1. The first-order valence-corrected chi connectivity index (χ1v) is 33.5. The van der Waals surface area contributed by atoms with Crippen LogP contribution in [0.2, 0.25) is 0 Å². The Morgan fingerprint density at radius 1 is 0.287 bits per heavy atom. The molecule has 3 aromatic heterocycles. The van der Waals surface area contributed by atoms with Crippen LogP contribution < -0.4 is 0 Å². The number of fused-ring (bicyclic) bond motifs is 9. The molecule has 0 amide bonds. The van der Waals surface area contributed by atoms with Gasteiger partial charge in [0.25, 0.3) is 0 Å². The molecule has 87 heavy (non-hydrogen) atoms. The Morgan fingerprint density at radius 2 is 0.517 bits per heavy atom. The van der Waals surface area contributed by atoms with Gasteiger partial charge in [-0.05, 0) is 187 Å². The lowest BCUT2D eigenvalue weighted by atomic mass is 9.85. The minimum Gasteiger partial charge on any atom is -0.308 e. The van der Waals surface area contributed by atoms with E-state index in [4.69, 9.17) is 0 Å². The summed E-state index contributed by atoms with van der Waals surface area (Å²) in [7, 11) is 0. The molecule has 0 unspecified atom stereocenters. The van der Waals surface area contributed by atoms with E-state index in [0.29, 0.717) is 5.56 Å². The van der Waals surface area contributed by atoms with Crippen molar-refractivity contribution in [3.63, 3.8) is 0 Å². The molecule has 12 aromatic rings. The van der Waals surface area contributed by atoms with Crippen molar-refractivity contribution in [2.75, 3.05) is 12.5 Å². The molecule has 9 aromatic carbocycles. The highest BCUT2D eigenvalue weighted by molar-refractivity contribution is 7.98. The lowest BCUT2D eigenvalue weighted by molar-refractivity contribution is 0.590. The number of thioether (sulfide) groups is 2. The molecule has 0 aliphatic heterocycles. The molecule has 0 saturated heterocycles. The van der Waals surface area contributed by atoms with Crippen LogP contribution in [0.3, 0.4) is 0 Å². The molecule has 442 valence electrons. The summed E-state index contributed by atoms with van der Waals surface area (Å²) in [5.41, 5.74) is 20.6. The molecule has 0 radical (unpaired) electrons. The molecule has 0 N–H and O–H groups in total. The average Bonchev–Trinajstić information content (AvgIpc) is 1.66. The maximum Gasteiger partial charge on any atom is 0.102 e. The van der Waals surface area contributed by atoms with Gasteiger partial charge in [0.2, 0.25) is 0 Å². The van der Waals surface area contributed by atoms with E-state index < -0.39 is 0 Å². The van der Waals surface area contributed by atoms with Gasteiger partial charge >= 0.3 is 0 Å². The molecule has 0 bridgehead atoms. The molecule has 6 heteroatoms.